The van der Waals surface area contributed by atoms with Crippen molar-refractivity contribution in [1.29, 1.82) is 0 Å². The quantitative estimate of drug-likeness (QED) is 0.805. The lowest BCUT2D eigenvalue weighted by Gasteiger charge is -2.20. The number of allylic oxidation sites excluding steroid dienone is 3. The first-order valence-electron chi connectivity index (χ1n) is 6.41. The van der Waals surface area contributed by atoms with E-state index < -0.39 is 5.82 Å². The molecule has 0 atom stereocenters. The van der Waals surface area contributed by atoms with Crippen molar-refractivity contribution >= 4 is 17.4 Å². The van der Waals surface area contributed by atoms with Crippen LogP contribution in [0.1, 0.15) is 13.3 Å². The molecule has 106 valence electrons. The molecule has 0 radical (unpaired) electrons. The number of nitrogens with zero attached hydrogens (tertiary/aromatic N) is 1. The zero-order chi connectivity index (χ0) is 15.0. The number of fused-ring (bicyclic) bond motifs is 1. The van der Waals surface area contributed by atoms with Gasteiger partial charge in [-0.1, -0.05) is 5.57 Å². The van der Waals surface area contributed by atoms with E-state index >= 15 is 0 Å². The molecule has 21 heavy (non-hydrogen) atoms. The monoisotopic (exact) mass is 285 g/mol. The number of ether oxygens (including phenoxy) is 1. The Hall–Kier alpha value is -2.69. The van der Waals surface area contributed by atoms with Crippen LogP contribution in [-0.4, -0.2) is 16.8 Å². The van der Waals surface area contributed by atoms with E-state index in [9.17, 15) is 14.3 Å². The number of phenols is 1. The number of halogens is 1. The molecule has 1 aliphatic heterocycles. The number of aromatic hydroxyl groups is 1. The maximum Gasteiger partial charge on any atom is 0.315 e. The van der Waals surface area contributed by atoms with E-state index in [0.29, 0.717) is 11.5 Å². The third-order valence-corrected chi connectivity index (χ3v) is 3.25. The molecular weight excluding hydrogens is 273 g/mol. The minimum atomic E-state index is -0.486. The molecule has 0 unspecified atom stereocenters. The van der Waals surface area contributed by atoms with Crippen LogP contribution in [-0.2, 0) is 9.53 Å². The summed E-state index contributed by atoms with van der Waals surface area (Å²) < 4.78 is 18.4. The molecule has 0 fully saturated rings. The highest BCUT2D eigenvalue weighted by Gasteiger charge is 2.22. The van der Waals surface area contributed by atoms with Gasteiger partial charge in [-0.15, -0.1) is 0 Å². The Labute approximate surface area is 120 Å². The number of rotatable bonds is 1. The molecular formula is C16H12FNO3. The van der Waals surface area contributed by atoms with Crippen molar-refractivity contribution < 1.29 is 19.0 Å². The average molecular weight is 285 g/mol. The van der Waals surface area contributed by atoms with Gasteiger partial charge in [0.1, 0.15) is 23.0 Å². The van der Waals surface area contributed by atoms with Crippen LogP contribution in [0.5, 0.6) is 5.75 Å². The van der Waals surface area contributed by atoms with E-state index in [1.54, 1.807) is 18.2 Å². The zero-order valence-corrected chi connectivity index (χ0v) is 11.3. The zero-order valence-electron chi connectivity index (χ0n) is 11.3. The van der Waals surface area contributed by atoms with Gasteiger partial charge in [-0.3, -0.25) is 4.79 Å². The average Bonchev–Trinajstić information content (AvgIpc) is 2.42. The fourth-order valence-electron chi connectivity index (χ4n) is 2.21. The summed E-state index contributed by atoms with van der Waals surface area (Å²) in [6.45, 7) is 1.87. The Morgan fingerprint density at radius 2 is 2.14 bits per heavy atom. The Morgan fingerprint density at radius 1 is 1.33 bits per heavy atom. The molecule has 0 aromatic heterocycles. The van der Waals surface area contributed by atoms with Crippen molar-refractivity contribution in [2.75, 3.05) is 0 Å². The second-order valence-electron chi connectivity index (χ2n) is 4.86. The lowest BCUT2D eigenvalue weighted by Crippen LogP contribution is -2.16. The third kappa shape index (κ3) is 2.63. The summed E-state index contributed by atoms with van der Waals surface area (Å²) in [5.41, 5.74) is 2.38. The minimum absolute atomic E-state index is 0.117. The van der Waals surface area contributed by atoms with Gasteiger partial charge in [-0.2, -0.15) is 0 Å². The second-order valence-corrected chi connectivity index (χ2v) is 4.86. The van der Waals surface area contributed by atoms with Crippen LogP contribution in [0, 0.1) is 5.82 Å². The molecule has 5 heteroatoms. The summed E-state index contributed by atoms with van der Waals surface area (Å²) in [5.74, 6) is -0.486. The van der Waals surface area contributed by atoms with Gasteiger partial charge in [-0.05, 0) is 31.2 Å². The van der Waals surface area contributed by atoms with Gasteiger partial charge in [-0.25, -0.2) is 9.38 Å². The van der Waals surface area contributed by atoms with Crippen LogP contribution in [0.2, 0.25) is 0 Å². The smallest absolute Gasteiger partial charge is 0.315 e. The predicted molar refractivity (Wildman–Crippen MR) is 75.8 cm³/mol. The number of phenolic OH excluding ortho intramolecular Hbond substituents is 1. The molecule has 0 saturated carbocycles. The molecule has 2 aliphatic rings. The Morgan fingerprint density at radius 3 is 2.95 bits per heavy atom. The first-order chi connectivity index (χ1) is 10.0. The van der Waals surface area contributed by atoms with Crippen molar-refractivity contribution in [1.82, 2.24) is 0 Å². The molecule has 4 nitrogen and oxygen atoms in total. The number of hydrogen-bond donors (Lipinski definition) is 1. The molecule has 0 spiro atoms. The van der Waals surface area contributed by atoms with Crippen LogP contribution in [0.25, 0.3) is 0 Å². The second kappa shape index (κ2) is 5.01. The van der Waals surface area contributed by atoms with Gasteiger partial charge in [0.15, 0.2) is 0 Å². The molecule has 1 aromatic carbocycles. The first kappa shape index (κ1) is 13.3. The Bertz CT molecular complexity index is 757. The highest BCUT2D eigenvalue weighted by Crippen LogP contribution is 2.31. The topological polar surface area (TPSA) is 58.9 Å². The number of benzene rings is 1. The van der Waals surface area contributed by atoms with E-state index in [0.717, 1.165) is 23.3 Å². The van der Waals surface area contributed by atoms with E-state index in [4.69, 9.17) is 4.74 Å². The minimum Gasteiger partial charge on any atom is -0.506 e. The van der Waals surface area contributed by atoms with Gasteiger partial charge < -0.3 is 9.84 Å². The largest absolute Gasteiger partial charge is 0.506 e. The summed E-state index contributed by atoms with van der Waals surface area (Å²) in [6, 6.07) is 3.53. The summed E-state index contributed by atoms with van der Waals surface area (Å²) in [5, 5.41) is 9.67. The van der Waals surface area contributed by atoms with Crippen LogP contribution < -0.4 is 0 Å². The summed E-state index contributed by atoms with van der Waals surface area (Å²) in [7, 11) is 0. The maximum absolute atomic E-state index is 13.2. The molecule has 1 N–H and O–H groups in total. The van der Waals surface area contributed by atoms with Crippen LogP contribution in [0.15, 0.2) is 58.3 Å². The molecule has 1 heterocycles. The molecule has 0 saturated heterocycles. The van der Waals surface area contributed by atoms with Gasteiger partial charge in [0.2, 0.25) is 0 Å². The van der Waals surface area contributed by atoms with Crippen LogP contribution in [0.3, 0.4) is 0 Å². The van der Waals surface area contributed by atoms with Crippen molar-refractivity contribution in [2.24, 2.45) is 4.99 Å². The fourth-order valence-corrected chi connectivity index (χ4v) is 2.21. The van der Waals surface area contributed by atoms with Gasteiger partial charge >= 0.3 is 5.97 Å². The number of aliphatic imine (C=N–C) groups is 1. The van der Waals surface area contributed by atoms with Gasteiger partial charge in [0.25, 0.3) is 0 Å². The van der Waals surface area contributed by atoms with Gasteiger partial charge in [0, 0.05) is 17.7 Å². The fraction of sp³-hybridized carbons (Fsp3) is 0.125. The highest BCUT2D eigenvalue weighted by molar-refractivity contribution is 6.08. The molecule has 0 amide bonds. The van der Waals surface area contributed by atoms with Crippen molar-refractivity contribution in [3.05, 3.63) is 59.1 Å². The summed E-state index contributed by atoms with van der Waals surface area (Å²) in [4.78, 5) is 15.6. The maximum atomic E-state index is 13.2. The number of esters is 1. The SMILES string of the molecule is CC1=C2C=CC(=Nc3cc(F)ccc3O)C=C2OC(=O)C1. The van der Waals surface area contributed by atoms with E-state index in [2.05, 4.69) is 4.99 Å². The first-order valence-corrected chi connectivity index (χ1v) is 6.41. The molecule has 3 rings (SSSR count). The van der Waals surface area contributed by atoms with Crippen molar-refractivity contribution in [3.63, 3.8) is 0 Å². The highest BCUT2D eigenvalue weighted by atomic mass is 19.1. The van der Waals surface area contributed by atoms with Gasteiger partial charge in [0.05, 0.1) is 12.1 Å². The lowest BCUT2D eigenvalue weighted by molar-refractivity contribution is -0.138. The molecule has 1 aliphatic carbocycles. The Balaban J connectivity index is 2.01. The van der Waals surface area contributed by atoms with Crippen molar-refractivity contribution in [2.45, 2.75) is 13.3 Å². The van der Waals surface area contributed by atoms with Crippen LogP contribution >= 0.6 is 0 Å². The lowest BCUT2D eigenvalue weighted by atomic mass is 9.97. The summed E-state index contributed by atoms with van der Waals surface area (Å²) >= 11 is 0. The molecule has 1 aromatic rings. The number of carbonyl (C=O) groups excluding carboxylic acids is 1. The van der Waals surface area contributed by atoms with E-state index in [1.807, 2.05) is 6.92 Å². The summed E-state index contributed by atoms with van der Waals surface area (Å²) in [6.07, 6.45) is 5.40. The van der Waals surface area contributed by atoms with E-state index in [1.165, 1.54) is 6.07 Å². The van der Waals surface area contributed by atoms with Crippen LogP contribution in [0.4, 0.5) is 10.1 Å². The number of carbonyl (C=O) groups is 1. The van der Waals surface area contributed by atoms with E-state index in [-0.39, 0.29) is 23.8 Å². The third-order valence-electron chi connectivity index (χ3n) is 3.25. The predicted octanol–water partition coefficient (Wildman–Crippen LogP) is 3.32. The number of hydrogen-bond acceptors (Lipinski definition) is 4. The molecule has 0 bridgehead atoms. The normalized spacial score (nSPS) is 19.4. The standard InChI is InChI=1S/C16H12FNO3/c1-9-6-16(20)21-15-8-11(3-4-12(9)15)18-13-7-10(17)2-5-14(13)19/h2-5,7-8,19H,6H2,1H3. The van der Waals surface area contributed by atoms with Crippen molar-refractivity contribution in [3.8, 4) is 5.75 Å². The Kier molecular flexibility index (Phi) is 3.17.